The number of fused-ring (bicyclic) bond motifs is 2. The summed E-state index contributed by atoms with van der Waals surface area (Å²) < 4.78 is 10.9. The highest BCUT2D eigenvalue weighted by molar-refractivity contribution is 5.95. The standard InChI is InChI=1S/C30H47N11O2/c1-7-10-38(11-8-2)29-32-25-26(28(35-29)41-14-13-37(4)22(3)20-41)33-30(39(15-17-42-5)16-18-43-6)34-27(25)40-12-9-23-19-31-36-24(23)21-40/h19H,3,7-18,20-21H2,1-2,4-6H3,(H,31,36). The van der Waals surface area contributed by atoms with E-state index in [4.69, 9.17) is 29.4 Å². The number of nitrogens with zero attached hydrogens (tertiary/aromatic N) is 10. The molecule has 0 aromatic carbocycles. The predicted molar refractivity (Wildman–Crippen MR) is 171 cm³/mol. The van der Waals surface area contributed by atoms with Crippen LogP contribution in [0, 0.1) is 0 Å². The molecule has 1 saturated heterocycles. The highest BCUT2D eigenvalue weighted by atomic mass is 16.5. The topological polar surface area (TPSA) is 115 Å². The number of hydrogen-bond donors (Lipinski definition) is 1. The number of aromatic amines is 1. The molecule has 0 spiro atoms. The van der Waals surface area contributed by atoms with Gasteiger partial charge in [0.25, 0.3) is 0 Å². The lowest BCUT2D eigenvalue weighted by molar-refractivity contribution is 0.189. The van der Waals surface area contributed by atoms with Crippen molar-refractivity contribution in [1.29, 1.82) is 0 Å². The molecule has 0 bridgehead atoms. The molecule has 2 aliphatic heterocycles. The van der Waals surface area contributed by atoms with Gasteiger partial charge in [-0.05, 0) is 24.8 Å². The van der Waals surface area contributed by atoms with E-state index < -0.39 is 0 Å². The van der Waals surface area contributed by atoms with Crippen molar-refractivity contribution >= 4 is 34.6 Å². The number of nitrogens with one attached hydrogen (secondary N) is 1. The average molecular weight is 594 g/mol. The van der Waals surface area contributed by atoms with Gasteiger partial charge in [0, 0.05) is 72.8 Å². The van der Waals surface area contributed by atoms with Crippen LogP contribution in [0.15, 0.2) is 18.5 Å². The molecule has 0 atom stereocenters. The van der Waals surface area contributed by atoms with Gasteiger partial charge in [0.15, 0.2) is 11.6 Å². The lowest BCUT2D eigenvalue weighted by atomic mass is 10.1. The first-order valence-corrected chi connectivity index (χ1v) is 15.4. The van der Waals surface area contributed by atoms with Gasteiger partial charge in [0.05, 0.1) is 38.2 Å². The fraction of sp³-hybridized carbons (Fsp3) is 0.633. The zero-order valence-electron chi connectivity index (χ0n) is 26.5. The SMILES string of the molecule is C=C1CN(c2nc(N(CCC)CCC)nc3c(N4CCc5cn[nH]c5C4)nc(N(CCOC)CCOC)nc23)CCN1C. The molecule has 2 aliphatic rings. The number of likely N-dealkylation sites (N-methyl/N-ethyl adjacent to an activating group) is 1. The normalized spacial score (nSPS) is 15.4. The summed E-state index contributed by atoms with van der Waals surface area (Å²) in [7, 11) is 5.52. The molecule has 13 heteroatoms. The molecule has 5 rings (SSSR count). The lowest BCUT2D eigenvalue weighted by Gasteiger charge is -2.37. The summed E-state index contributed by atoms with van der Waals surface area (Å²) in [4.78, 5) is 32.2. The quantitative estimate of drug-likeness (QED) is 0.296. The van der Waals surface area contributed by atoms with Crippen LogP contribution in [0.4, 0.5) is 23.5 Å². The van der Waals surface area contributed by atoms with Crippen molar-refractivity contribution in [3.8, 4) is 0 Å². The highest BCUT2D eigenvalue weighted by Crippen LogP contribution is 2.35. The molecule has 3 aromatic heterocycles. The van der Waals surface area contributed by atoms with Gasteiger partial charge in [0.1, 0.15) is 11.0 Å². The zero-order valence-corrected chi connectivity index (χ0v) is 26.5. The number of piperazine rings is 1. The van der Waals surface area contributed by atoms with E-state index in [0.29, 0.717) is 45.3 Å². The Bertz CT molecular complexity index is 1370. The van der Waals surface area contributed by atoms with E-state index in [1.165, 1.54) is 5.56 Å². The Balaban J connectivity index is 1.72. The van der Waals surface area contributed by atoms with Crippen molar-refractivity contribution in [2.24, 2.45) is 0 Å². The van der Waals surface area contributed by atoms with Crippen LogP contribution in [-0.4, -0.2) is 122 Å². The number of ether oxygens (including phenoxy) is 2. The van der Waals surface area contributed by atoms with Crippen LogP contribution < -0.4 is 19.6 Å². The minimum Gasteiger partial charge on any atom is -0.383 e. The first-order chi connectivity index (χ1) is 21.0. The van der Waals surface area contributed by atoms with Crippen molar-refractivity contribution in [1.82, 2.24) is 35.0 Å². The Kier molecular flexibility index (Phi) is 10.1. The van der Waals surface area contributed by atoms with Gasteiger partial charge < -0.3 is 34.0 Å². The molecular formula is C30H47N11O2. The third-order valence-corrected chi connectivity index (χ3v) is 8.19. The molecule has 0 unspecified atom stereocenters. The van der Waals surface area contributed by atoms with Crippen molar-refractivity contribution in [3.63, 3.8) is 0 Å². The first kappa shape index (κ1) is 30.7. The summed E-state index contributed by atoms with van der Waals surface area (Å²) in [5.74, 6) is 2.99. The number of rotatable bonds is 14. The molecule has 13 nitrogen and oxygen atoms in total. The minimum atomic E-state index is 0.547. The predicted octanol–water partition coefficient (Wildman–Crippen LogP) is 2.70. The second-order valence-electron chi connectivity index (χ2n) is 11.3. The molecule has 0 radical (unpaired) electrons. The highest BCUT2D eigenvalue weighted by Gasteiger charge is 2.29. The molecule has 0 saturated carbocycles. The number of hydrogen-bond acceptors (Lipinski definition) is 12. The Hall–Kier alpha value is -3.71. The van der Waals surface area contributed by atoms with Gasteiger partial charge in [-0.1, -0.05) is 20.4 Å². The van der Waals surface area contributed by atoms with Crippen LogP contribution in [0.1, 0.15) is 37.9 Å². The summed E-state index contributed by atoms with van der Waals surface area (Å²) in [5, 5.41) is 7.49. The Morgan fingerprint density at radius 1 is 0.814 bits per heavy atom. The van der Waals surface area contributed by atoms with E-state index in [-0.39, 0.29) is 0 Å². The van der Waals surface area contributed by atoms with Crippen LogP contribution >= 0.6 is 0 Å². The van der Waals surface area contributed by atoms with Crippen molar-refractivity contribution in [2.45, 2.75) is 39.7 Å². The monoisotopic (exact) mass is 593 g/mol. The van der Waals surface area contributed by atoms with Crippen LogP contribution in [-0.2, 0) is 22.4 Å². The van der Waals surface area contributed by atoms with Gasteiger partial charge in [-0.3, -0.25) is 5.10 Å². The Morgan fingerprint density at radius 3 is 1.95 bits per heavy atom. The van der Waals surface area contributed by atoms with E-state index in [2.05, 4.69) is 62.2 Å². The summed E-state index contributed by atoms with van der Waals surface area (Å²) in [6.07, 6.45) is 4.82. The van der Waals surface area contributed by atoms with Gasteiger partial charge in [0.2, 0.25) is 11.9 Å². The van der Waals surface area contributed by atoms with Crippen LogP contribution in [0.5, 0.6) is 0 Å². The Morgan fingerprint density at radius 2 is 1.40 bits per heavy atom. The van der Waals surface area contributed by atoms with E-state index in [9.17, 15) is 0 Å². The fourth-order valence-corrected chi connectivity index (χ4v) is 5.68. The number of anilines is 4. The van der Waals surface area contributed by atoms with Gasteiger partial charge >= 0.3 is 0 Å². The molecule has 0 aliphatic carbocycles. The van der Waals surface area contributed by atoms with Gasteiger partial charge in [-0.25, -0.2) is 9.97 Å². The number of methoxy groups -OCH3 is 2. The summed E-state index contributed by atoms with van der Waals surface area (Å²) in [6.45, 7) is 16.7. The second-order valence-corrected chi connectivity index (χ2v) is 11.3. The number of aromatic nitrogens is 6. The van der Waals surface area contributed by atoms with Crippen LogP contribution in [0.3, 0.4) is 0 Å². The van der Waals surface area contributed by atoms with Gasteiger partial charge in [-0.2, -0.15) is 15.1 Å². The third kappa shape index (κ3) is 6.77. The van der Waals surface area contributed by atoms with E-state index in [0.717, 1.165) is 92.0 Å². The molecule has 43 heavy (non-hydrogen) atoms. The minimum absolute atomic E-state index is 0.547. The van der Waals surface area contributed by atoms with Gasteiger partial charge in [-0.15, -0.1) is 0 Å². The largest absolute Gasteiger partial charge is 0.383 e. The first-order valence-electron chi connectivity index (χ1n) is 15.4. The smallest absolute Gasteiger partial charge is 0.228 e. The third-order valence-electron chi connectivity index (χ3n) is 8.19. The van der Waals surface area contributed by atoms with Crippen molar-refractivity contribution in [3.05, 3.63) is 29.7 Å². The average Bonchev–Trinajstić information content (AvgIpc) is 3.49. The lowest BCUT2D eigenvalue weighted by Crippen LogP contribution is -2.43. The van der Waals surface area contributed by atoms with Crippen molar-refractivity contribution < 1.29 is 9.47 Å². The molecule has 5 heterocycles. The second kappa shape index (κ2) is 14.2. The van der Waals surface area contributed by atoms with E-state index in [1.807, 2.05) is 6.20 Å². The fourth-order valence-electron chi connectivity index (χ4n) is 5.68. The van der Waals surface area contributed by atoms with E-state index >= 15 is 0 Å². The summed E-state index contributed by atoms with van der Waals surface area (Å²) >= 11 is 0. The zero-order chi connectivity index (χ0) is 30.3. The maximum Gasteiger partial charge on any atom is 0.228 e. The molecule has 1 fully saturated rings. The number of H-pyrrole nitrogens is 1. The van der Waals surface area contributed by atoms with E-state index in [1.54, 1.807) is 14.2 Å². The molecular weight excluding hydrogens is 546 g/mol. The maximum absolute atomic E-state index is 5.45. The molecule has 3 aromatic rings. The van der Waals surface area contributed by atoms with Crippen LogP contribution in [0.2, 0.25) is 0 Å². The van der Waals surface area contributed by atoms with Crippen LogP contribution in [0.25, 0.3) is 11.0 Å². The molecule has 1 N–H and O–H groups in total. The maximum atomic E-state index is 5.45. The summed E-state index contributed by atoms with van der Waals surface area (Å²) in [6, 6.07) is 0. The summed E-state index contributed by atoms with van der Waals surface area (Å²) in [5.41, 5.74) is 4.94. The van der Waals surface area contributed by atoms with Crippen molar-refractivity contribution in [2.75, 3.05) is 106 Å². The molecule has 234 valence electrons. The molecule has 0 amide bonds. The Labute approximate surface area is 254 Å².